The van der Waals surface area contributed by atoms with E-state index in [0.717, 1.165) is 16.8 Å². The second-order valence-corrected chi connectivity index (χ2v) is 6.27. The highest BCUT2D eigenvalue weighted by atomic mass is 35.5. The maximum absolute atomic E-state index is 12.8. The number of carbonyl (C=O) groups excluding carboxylic acids is 2. The second kappa shape index (κ2) is 9.19. The maximum atomic E-state index is 12.8. The van der Waals surface area contributed by atoms with Crippen molar-refractivity contribution in [3.63, 3.8) is 0 Å². The molecule has 0 saturated heterocycles. The summed E-state index contributed by atoms with van der Waals surface area (Å²) in [6.45, 7) is 0.498. The number of nitrogens with two attached hydrogens (primary N) is 1. The lowest BCUT2D eigenvalue weighted by Gasteiger charge is -2.17. The molecule has 0 fully saturated rings. The number of ether oxygens (including phenoxy) is 1. The number of hydrogen-bond donors (Lipinski definition) is 2. The van der Waals surface area contributed by atoms with E-state index in [-0.39, 0.29) is 30.1 Å². The van der Waals surface area contributed by atoms with Crippen molar-refractivity contribution >= 4 is 41.4 Å². The Hall–Kier alpha value is -3.12. The van der Waals surface area contributed by atoms with Crippen molar-refractivity contribution in [3.8, 4) is 0 Å². The number of hydrogen-bond acceptors (Lipinski definition) is 4. The Morgan fingerprint density at radius 3 is 2.36 bits per heavy atom. The molecule has 1 heterocycles. The average molecular weight is 400 g/mol. The predicted molar refractivity (Wildman–Crippen MR) is 112 cm³/mol. The number of methoxy groups -OCH3 is 1. The number of rotatable bonds is 6. The molecular weight excluding hydrogens is 378 g/mol. The quantitative estimate of drug-likeness (QED) is 0.443. The Kier molecular flexibility index (Phi) is 6.95. The molecule has 7 heteroatoms. The molecule has 0 aliphatic carbocycles. The lowest BCUT2D eigenvalue weighted by atomic mass is 10.0. The number of halogens is 1. The van der Waals surface area contributed by atoms with E-state index in [2.05, 4.69) is 4.74 Å². The molecule has 0 aromatic heterocycles. The molecule has 3 rings (SSSR count). The highest BCUT2D eigenvalue weighted by Crippen LogP contribution is 2.27. The van der Waals surface area contributed by atoms with Crippen LogP contribution in [0.3, 0.4) is 0 Å². The number of nitrogen functional groups attached to an aromatic ring is 1. The maximum Gasteiger partial charge on any atom is 0.305 e. The Morgan fingerprint density at radius 2 is 1.79 bits per heavy atom. The molecule has 1 aliphatic rings. The van der Waals surface area contributed by atoms with Crippen molar-refractivity contribution in [2.45, 2.75) is 12.8 Å². The monoisotopic (exact) mass is 399 g/mol. The van der Waals surface area contributed by atoms with E-state index in [1.165, 1.54) is 7.11 Å². The van der Waals surface area contributed by atoms with Gasteiger partial charge in [0.25, 0.3) is 5.91 Å². The lowest BCUT2D eigenvalue weighted by molar-refractivity contribution is -0.140. The van der Waals surface area contributed by atoms with Crippen LogP contribution in [-0.4, -0.2) is 31.4 Å². The van der Waals surface area contributed by atoms with Crippen molar-refractivity contribution in [2.24, 2.45) is 5.73 Å². The third kappa shape index (κ3) is 4.58. The van der Waals surface area contributed by atoms with Crippen LogP contribution in [0.1, 0.15) is 23.1 Å². The summed E-state index contributed by atoms with van der Waals surface area (Å²) >= 11 is 0. The molecular formula is C21H22ClN3O3. The summed E-state index contributed by atoms with van der Waals surface area (Å²) in [6, 6.07) is 14.7. The van der Waals surface area contributed by atoms with Gasteiger partial charge in [0.05, 0.1) is 7.11 Å². The smallest absolute Gasteiger partial charge is 0.305 e. The molecule has 6 nitrogen and oxygen atoms in total. The number of anilines is 1. The standard InChI is InChI=1S/C21H21N3O3.ClH/c1-27-19(25)11-4-14-2-5-15(6-3-14)18-12-13-24(21(18)26)17-9-7-16(8-10-17)20(22)23;/h2-3,5-10,12H,4,11,13H2,1H3,(H3,22,23);1H. The first-order valence-corrected chi connectivity index (χ1v) is 8.62. The molecule has 0 radical (unpaired) electrons. The second-order valence-electron chi connectivity index (χ2n) is 6.27. The molecule has 3 N–H and O–H groups in total. The number of amides is 1. The van der Waals surface area contributed by atoms with Gasteiger partial charge in [-0.1, -0.05) is 30.3 Å². The molecule has 2 aromatic rings. The highest BCUT2D eigenvalue weighted by molar-refractivity contribution is 6.28. The summed E-state index contributed by atoms with van der Waals surface area (Å²) in [6.07, 6.45) is 2.85. The normalized spacial score (nSPS) is 13.0. The zero-order chi connectivity index (χ0) is 19.4. The lowest BCUT2D eigenvalue weighted by Crippen LogP contribution is -2.26. The summed E-state index contributed by atoms with van der Waals surface area (Å²) in [4.78, 5) is 25.7. The highest BCUT2D eigenvalue weighted by Gasteiger charge is 2.26. The third-order valence-corrected chi connectivity index (χ3v) is 4.55. The van der Waals surface area contributed by atoms with Gasteiger partial charge in [-0.05, 0) is 41.8 Å². The van der Waals surface area contributed by atoms with Crippen LogP contribution in [-0.2, 0) is 20.7 Å². The minimum Gasteiger partial charge on any atom is -0.469 e. The Labute approximate surface area is 169 Å². The first-order chi connectivity index (χ1) is 13.0. The minimum absolute atomic E-state index is 0. The van der Waals surface area contributed by atoms with Gasteiger partial charge in [-0.2, -0.15) is 0 Å². The number of nitrogens with zero attached hydrogens (tertiary/aromatic N) is 1. The fourth-order valence-corrected chi connectivity index (χ4v) is 2.98. The van der Waals surface area contributed by atoms with Crippen LogP contribution in [0.25, 0.3) is 5.57 Å². The predicted octanol–water partition coefficient (Wildman–Crippen LogP) is 2.93. The first-order valence-electron chi connectivity index (χ1n) is 8.62. The number of esters is 1. The molecule has 0 atom stereocenters. The van der Waals surface area contributed by atoms with Crippen LogP contribution in [0.4, 0.5) is 5.69 Å². The molecule has 0 saturated carbocycles. The van der Waals surface area contributed by atoms with E-state index in [1.54, 1.807) is 29.2 Å². The summed E-state index contributed by atoms with van der Waals surface area (Å²) < 4.78 is 4.65. The van der Waals surface area contributed by atoms with Crippen LogP contribution in [0.2, 0.25) is 0 Å². The summed E-state index contributed by atoms with van der Waals surface area (Å²) in [5.41, 5.74) is 9.39. The summed E-state index contributed by atoms with van der Waals surface area (Å²) in [7, 11) is 1.38. The van der Waals surface area contributed by atoms with Gasteiger partial charge in [-0.25, -0.2) is 0 Å². The molecule has 0 spiro atoms. The Bertz CT molecular complexity index is 905. The van der Waals surface area contributed by atoms with Gasteiger partial charge in [0.15, 0.2) is 0 Å². The van der Waals surface area contributed by atoms with Crippen LogP contribution in [0.15, 0.2) is 54.6 Å². The molecule has 0 bridgehead atoms. The molecule has 1 aliphatic heterocycles. The number of amidine groups is 1. The van der Waals surface area contributed by atoms with Gasteiger partial charge >= 0.3 is 5.97 Å². The zero-order valence-corrected chi connectivity index (χ0v) is 16.3. The number of carbonyl (C=O) groups is 2. The largest absolute Gasteiger partial charge is 0.469 e. The molecule has 28 heavy (non-hydrogen) atoms. The fourth-order valence-electron chi connectivity index (χ4n) is 2.98. The van der Waals surface area contributed by atoms with Gasteiger partial charge in [0.1, 0.15) is 5.84 Å². The van der Waals surface area contributed by atoms with Crippen LogP contribution in [0, 0.1) is 5.41 Å². The first kappa shape index (κ1) is 21.2. The van der Waals surface area contributed by atoms with Crippen molar-refractivity contribution in [1.82, 2.24) is 0 Å². The Morgan fingerprint density at radius 1 is 1.14 bits per heavy atom. The van der Waals surface area contributed by atoms with E-state index in [9.17, 15) is 9.59 Å². The van der Waals surface area contributed by atoms with Gasteiger partial charge < -0.3 is 15.4 Å². The van der Waals surface area contributed by atoms with Crippen molar-refractivity contribution in [2.75, 3.05) is 18.6 Å². The van der Waals surface area contributed by atoms with E-state index in [0.29, 0.717) is 30.5 Å². The van der Waals surface area contributed by atoms with Crippen molar-refractivity contribution < 1.29 is 14.3 Å². The minimum atomic E-state index is -0.237. The van der Waals surface area contributed by atoms with Gasteiger partial charge in [-0.15, -0.1) is 12.4 Å². The van der Waals surface area contributed by atoms with Crippen molar-refractivity contribution in [1.29, 1.82) is 5.41 Å². The van der Waals surface area contributed by atoms with Gasteiger partial charge in [-0.3, -0.25) is 15.0 Å². The van der Waals surface area contributed by atoms with Crippen LogP contribution in [0.5, 0.6) is 0 Å². The number of aryl methyl sites for hydroxylation is 1. The topological polar surface area (TPSA) is 96.5 Å². The van der Waals surface area contributed by atoms with Crippen LogP contribution >= 0.6 is 12.4 Å². The summed E-state index contributed by atoms with van der Waals surface area (Å²) in [5, 5.41) is 7.44. The Balaban J connectivity index is 0.00000280. The summed E-state index contributed by atoms with van der Waals surface area (Å²) in [5.74, 6) is -0.299. The molecule has 0 unspecified atom stereocenters. The van der Waals surface area contributed by atoms with E-state index in [4.69, 9.17) is 11.1 Å². The molecule has 2 aromatic carbocycles. The average Bonchev–Trinajstić information content (AvgIpc) is 3.08. The third-order valence-electron chi connectivity index (χ3n) is 4.55. The van der Waals surface area contributed by atoms with Gasteiger partial charge in [0, 0.05) is 29.8 Å². The van der Waals surface area contributed by atoms with E-state index >= 15 is 0 Å². The van der Waals surface area contributed by atoms with Crippen molar-refractivity contribution in [3.05, 3.63) is 71.3 Å². The SMILES string of the molecule is COC(=O)CCc1ccc(C2=CCN(c3ccc(C(=N)N)cc3)C2=O)cc1.Cl. The molecule has 146 valence electrons. The number of benzene rings is 2. The fraction of sp³-hybridized carbons (Fsp3) is 0.190. The van der Waals surface area contributed by atoms with E-state index < -0.39 is 0 Å². The van der Waals surface area contributed by atoms with Crippen LogP contribution < -0.4 is 10.6 Å². The zero-order valence-electron chi connectivity index (χ0n) is 15.5. The van der Waals surface area contributed by atoms with Gasteiger partial charge in [0.2, 0.25) is 0 Å². The molecule has 1 amide bonds. The number of nitrogens with one attached hydrogen (secondary N) is 1. The van der Waals surface area contributed by atoms with E-state index in [1.807, 2.05) is 30.3 Å².